The van der Waals surface area contributed by atoms with Crippen LogP contribution in [-0.2, 0) is 14.6 Å². The molecule has 0 spiro atoms. The summed E-state index contributed by atoms with van der Waals surface area (Å²) < 4.78 is 28.7. The molecule has 1 rings (SSSR count). The first kappa shape index (κ1) is 14.9. The molecule has 0 radical (unpaired) electrons. The Kier molecular flexibility index (Phi) is 5.89. The number of hydrogen-bond acceptors (Lipinski definition) is 4. The molecule has 0 amide bonds. The largest absolute Gasteiger partial charge is 0.381 e. The Morgan fingerprint density at radius 2 is 2.12 bits per heavy atom. The lowest BCUT2D eigenvalue weighted by Gasteiger charge is -2.37. The maximum Gasteiger partial charge on any atom is 0.150 e. The molecule has 0 aromatic carbocycles. The van der Waals surface area contributed by atoms with Gasteiger partial charge in [-0.05, 0) is 25.8 Å². The van der Waals surface area contributed by atoms with E-state index in [4.69, 9.17) is 4.74 Å². The van der Waals surface area contributed by atoms with Crippen molar-refractivity contribution in [2.45, 2.75) is 33.1 Å². The van der Waals surface area contributed by atoms with Crippen molar-refractivity contribution in [1.82, 2.24) is 5.32 Å². The van der Waals surface area contributed by atoms with E-state index in [9.17, 15) is 8.42 Å². The highest BCUT2D eigenvalue weighted by Crippen LogP contribution is 2.32. The zero-order valence-electron chi connectivity index (χ0n) is 11.0. The van der Waals surface area contributed by atoms with Crippen molar-refractivity contribution in [3.8, 4) is 0 Å². The third kappa shape index (κ3) is 4.94. The molecule has 102 valence electrons. The minimum atomic E-state index is -2.87. The van der Waals surface area contributed by atoms with E-state index in [1.54, 1.807) is 6.92 Å². The number of rotatable bonds is 7. The van der Waals surface area contributed by atoms with Crippen molar-refractivity contribution in [2.75, 3.05) is 37.8 Å². The molecule has 0 bridgehead atoms. The van der Waals surface area contributed by atoms with E-state index in [-0.39, 0.29) is 16.9 Å². The molecule has 1 N–H and O–H groups in total. The van der Waals surface area contributed by atoms with Crippen LogP contribution in [-0.4, -0.2) is 46.2 Å². The first-order valence-corrected chi connectivity index (χ1v) is 8.34. The quantitative estimate of drug-likeness (QED) is 0.750. The minimum absolute atomic E-state index is 0.0243. The fraction of sp³-hybridized carbons (Fsp3) is 1.00. The first-order valence-electron chi connectivity index (χ1n) is 6.52. The van der Waals surface area contributed by atoms with Crippen molar-refractivity contribution in [3.63, 3.8) is 0 Å². The Morgan fingerprint density at radius 3 is 2.65 bits per heavy atom. The molecule has 1 aliphatic rings. The van der Waals surface area contributed by atoms with Crippen LogP contribution in [0.25, 0.3) is 0 Å². The Balaban J connectivity index is 2.57. The zero-order valence-corrected chi connectivity index (χ0v) is 11.8. The topological polar surface area (TPSA) is 55.4 Å². The molecule has 1 fully saturated rings. The maximum absolute atomic E-state index is 11.6. The van der Waals surface area contributed by atoms with Gasteiger partial charge in [0.05, 0.1) is 12.4 Å². The molecule has 0 aromatic heterocycles. The van der Waals surface area contributed by atoms with Crippen molar-refractivity contribution in [2.24, 2.45) is 5.41 Å². The number of hydrogen-bond donors (Lipinski definition) is 1. The van der Waals surface area contributed by atoms with Crippen LogP contribution < -0.4 is 5.32 Å². The van der Waals surface area contributed by atoms with E-state index >= 15 is 0 Å². The summed E-state index contributed by atoms with van der Waals surface area (Å²) in [5.41, 5.74) is 0.0243. The molecule has 1 saturated heterocycles. The van der Waals surface area contributed by atoms with Gasteiger partial charge in [0.1, 0.15) is 9.84 Å². The fourth-order valence-corrected chi connectivity index (χ4v) is 3.27. The van der Waals surface area contributed by atoms with Crippen molar-refractivity contribution >= 4 is 9.84 Å². The SMILES string of the molecule is CCNCC1(CCS(=O)(=O)CC)CCCOC1. The summed E-state index contributed by atoms with van der Waals surface area (Å²) in [6.07, 6.45) is 2.83. The highest BCUT2D eigenvalue weighted by atomic mass is 32.2. The second-order valence-electron chi connectivity index (χ2n) is 4.92. The van der Waals surface area contributed by atoms with E-state index in [0.29, 0.717) is 6.61 Å². The summed E-state index contributed by atoms with van der Waals surface area (Å²) >= 11 is 0. The molecular weight excluding hydrogens is 238 g/mol. The fourth-order valence-electron chi connectivity index (χ4n) is 2.24. The second kappa shape index (κ2) is 6.71. The van der Waals surface area contributed by atoms with Crippen LogP contribution in [0.3, 0.4) is 0 Å². The van der Waals surface area contributed by atoms with Crippen LogP contribution in [0, 0.1) is 5.41 Å². The van der Waals surface area contributed by atoms with Gasteiger partial charge in [0.25, 0.3) is 0 Å². The minimum Gasteiger partial charge on any atom is -0.381 e. The van der Waals surface area contributed by atoms with E-state index in [0.717, 1.165) is 39.0 Å². The van der Waals surface area contributed by atoms with Gasteiger partial charge in [-0.3, -0.25) is 0 Å². The predicted molar refractivity (Wildman–Crippen MR) is 70.0 cm³/mol. The molecule has 4 nitrogen and oxygen atoms in total. The molecule has 0 aliphatic carbocycles. The van der Waals surface area contributed by atoms with Crippen molar-refractivity contribution in [3.05, 3.63) is 0 Å². The Morgan fingerprint density at radius 1 is 1.35 bits per heavy atom. The normalized spacial score (nSPS) is 26.0. The van der Waals surface area contributed by atoms with E-state index in [1.165, 1.54) is 0 Å². The van der Waals surface area contributed by atoms with Gasteiger partial charge in [-0.25, -0.2) is 8.42 Å². The van der Waals surface area contributed by atoms with Crippen LogP contribution in [0.15, 0.2) is 0 Å². The standard InChI is InChI=1S/C12H25NO3S/c1-3-13-10-12(6-5-8-16-11-12)7-9-17(14,15)4-2/h13H,3-11H2,1-2H3. The van der Waals surface area contributed by atoms with E-state index in [1.807, 2.05) is 0 Å². The lowest BCUT2D eigenvalue weighted by Crippen LogP contribution is -2.42. The van der Waals surface area contributed by atoms with Crippen molar-refractivity contribution in [1.29, 1.82) is 0 Å². The van der Waals surface area contributed by atoms with Gasteiger partial charge >= 0.3 is 0 Å². The first-order chi connectivity index (χ1) is 8.04. The Labute approximate surface area is 105 Å². The van der Waals surface area contributed by atoms with Gasteiger partial charge in [0.15, 0.2) is 0 Å². The molecule has 1 heterocycles. The molecular formula is C12H25NO3S. The number of nitrogens with one attached hydrogen (secondary N) is 1. The van der Waals surface area contributed by atoms with E-state index in [2.05, 4.69) is 12.2 Å². The van der Waals surface area contributed by atoms with Gasteiger partial charge in [0.2, 0.25) is 0 Å². The third-order valence-corrected chi connectivity index (χ3v) is 5.24. The molecule has 1 unspecified atom stereocenters. The summed E-state index contributed by atoms with van der Waals surface area (Å²) in [6, 6.07) is 0. The smallest absolute Gasteiger partial charge is 0.150 e. The molecule has 0 saturated carbocycles. The highest BCUT2D eigenvalue weighted by Gasteiger charge is 2.33. The average molecular weight is 263 g/mol. The Hall–Kier alpha value is -0.130. The lowest BCUT2D eigenvalue weighted by molar-refractivity contribution is -0.00868. The monoisotopic (exact) mass is 263 g/mol. The van der Waals surface area contributed by atoms with E-state index < -0.39 is 9.84 Å². The zero-order chi connectivity index (χ0) is 12.8. The molecule has 0 aromatic rings. The molecule has 17 heavy (non-hydrogen) atoms. The Bertz CT molecular complexity index is 308. The van der Waals surface area contributed by atoms with Gasteiger partial charge in [0, 0.05) is 24.3 Å². The van der Waals surface area contributed by atoms with Gasteiger partial charge in [-0.15, -0.1) is 0 Å². The average Bonchev–Trinajstić information content (AvgIpc) is 2.36. The summed E-state index contributed by atoms with van der Waals surface area (Å²) in [4.78, 5) is 0. The third-order valence-electron chi connectivity index (χ3n) is 3.54. The molecule has 5 heteroatoms. The van der Waals surface area contributed by atoms with Crippen LogP contribution in [0.2, 0.25) is 0 Å². The maximum atomic E-state index is 11.6. The highest BCUT2D eigenvalue weighted by molar-refractivity contribution is 7.91. The van der Waals surface area contributed by atoms with Crippen LogP contribution in [0.5, 0.6) is 0 Å². The second-order valence-corrected chi connectivity index (χ2v) is 7.40. The summed E-state index contributed by atoms with van der Waals surface area (Å²) in [5.74, 6) is 0.531. The lowest BCUT2D eigenvalue weighted by atomic mass is 9.80. The summed E-state index contributed by atoms with van der Waals surface area (Å²) in [5, 5.41) is 3.34. The summed E-state index contributed by atoms with van der Waals surface area (Å²) in [6.45, 7) is 7.07. The van der Waals surface area contributed by atoms with Gasteiger partial charge < -0.3 is 10.1 Å². The van der Waals surface area contributed by atoms with Gasteiger partial charge in [-0.1, -0.05) is 13.8 Å². The van der Waals surface area contributed by atoms with Crippen LogP contribution in [0.1, 0.15) is 33.1 Å². The van der Waals surface area contributed by atoms with Crippen LogP contribution >= 0.6 is 0 Å². The number of ether oxygens (including phenoxy) is 1. The van der Waals surface area contributed by atoms with Crippen molar-refractivity contribution < 1.29 is 13.2 Å². The van der Waals surface area contributed by atoms with Crippen LogP contribution in [0.4, 0.5) is 0 Å². The molecule has 1 atom stereocenters. The van der Waals surface area contributed by atoms with Gasteiger partial charge in [-0.2, -0.15) is 0 Å². The summed E-state index contributed by atoms with van der Waals surface area (Å²) in [7, 11) is -2.87. The number of sulfone groups is 1. The predicted octanol–water partition coefficient (Wildman–Crippen LogP) is 1.22. The molecule has 1 aliphatic heterocycles.